The molecular formula is C15H12ClN3O2. The van der Waals surface area contributed by atoms with Crippen LogP contribution >= 0.6 is 11.6 Å². The molecule has 1 aliphatic rings. The lowest BCUT2D eigenvalue weighted by molar-refractivity contribution is 0.0666. The fraction of sp³-hybridized carbons (Fsp3) is 0.133. The van der Waals surface area contributed by atoms with Crippen molar-refractivity contribution in [2.24, 2.45) is 0 Å². The molecule has 0 saturated carbocycles. The molecule has 0 saturated heterocycles. The second-order valence-electron chi connectivity index (χ2n) is 4.76. The van der Waals surface area contributed by atoms with Crippen LogP contribution in [-0.2, 0) is 0 Å². The van der Waals surface area contributed by atoms with Crippen LogP contribution in [0.15, 0.2) is 36.7 Å². The Morgan fingerprint density at radius 3 is 2.67 bits per heavy atom. The smallest absolute Gasteiger partial charge is 0.264 e. The largest absolute Gasteiger partial charge is 0.367 e. The van der Waals surface area contributed by atoms with Crippen LogP contribution in [-0.4, -0.2) is 28.4 Å². The summed E-state index contributed by atoms with van der Waals surface area (Å²) in [6.45, 7) is 2.00. The molecule has 2 aromatic rings. The number of nitrogens with zero attached hydrogens (tertiary/aromatic N) is 2. The number of nitrogens with one attached hydrogen (secondary N) is 1. The van der Waals surface area contributed by atoms with E-state index in [0.717, 1.165) is 16.2 Å². The van der Waals surface area contributed by atoms with Gasteiger partial charge in [0.15, 0.2) is 0 Å². The number of aryl methyl sites for hydroxylation is 1. The van der Waals surface area contributed by atoms with Crippen LogP contribution in [0.2, 0.25) is 5.02 Å². The van der Waals surface area contributed by atoms with Gasteiger partial charge in [0.05, 0.1) is 17.8 Å². The van der Waals surface area contributed by atoms with Crippen LogP contribution < -0.4 is 5.32 Å². The molecule has 0 unspecified atom stereocenters. The molecule has 21 heavy (non-hydrogen) atoms. The van der Waals surface area contributed by atoms with Crippen molar-refractivity contribution in [1.82, 2.24) is 9.88 Å². The van der Waals surface area contributed by atoms with Crippen molar-refractivity contribution >= 4 is 29.1 Å². The molecule has 3 rings (SSSR count). The van der Waals surface area contributed by atoms with Crippen LogP contribution in [0.25, 0.3) is 0 Å². The Morgan fingerprint density at radius 2 is 1.95 bits per heavy atom. The minimum atomic E-state index is -0.339. The number of fused-ring (bicyclic) bond motifs is 1. The van der Waals surface area contributed by atoms with E-state index in [0.29, 0.717) is 16.1 Å². The molecule has 6 heteroatoms. The van der Waals surface area contributed by atoms with E-state index in [-0.39, 0.29) is 18.5 Å². The topological polar surface area (TPSA) is 62.3 Å². The maximum atomic E-state index is 12.2. The second kappa shape index (κ2) is 5.18. The Labute approximate surface area is 126 Å². The first-order valence-corrected chi connectivity index (χ1v) is 6.76. The lowest BCUT2D eigenvalue weighted by Gasteiger charge is -2.16. The highest BCUT2D eigenvalue weighted by Crippen LogP contribution is 2.23. The number of anilines is 1. The SMILES string of the molecule is Cc1ccc(NCN2C(=O)c3ccncc3C2=O)cc1Cl. The molecule has 2 heterocycles. The highest BCUT2D eigenvalue weighted by molar-refractivity contribution is 6.31. The van der Waals surface area contributed by atoms with E-state index in [9.17, 15) is 9.59 Å². The van der Waals surface area contributed by atoms with E-state index < -0.39 is 0 Å². The number of halogens is 1. The number of amides is 2. The molecule has 0 radical (unpaired) electrons. The number of hydrogen-bond donors (Lipinski definition) is 1. The zero-order valence-corrected chi connectivity index (χ0v) is 12.0. The number of carbonyl (C=O) groups is 2. The normalized spacial score (nSPS) is 13.5. The van der Waals surface area contributed by atoms with Gasteiger partial charge in [0.25, 0.3) is 11.8 Å². The third-order valence-corrected chi connectivity index (χ3v) is 3.79. The van der Waals surface area contributed by atoms with Gasteiger partial charge in [-0.3, -0.25) is 19.5 Å². The minimum Gasteiger partial charge on any atom is -0.367 e. The Balaban J connectivity index is 1.76. The first-order valence-electron chi connectivity index (χ1n) is 6.38. The summed E-state index contributed by atoms with van der Waals surface area (Å²) in [6, 6.07) is 7.03. The molecule has 0 fully saturated rings. The average molecular weight is 302 g/mol. The quantitative estimate of drug-likeness (QED) is 0.886. The van der Waals surface area contributed by atoms with Crippen molar-refractivity contribution in [2.45, 2.75) is 6.92 Å². The maximum absolute atomic E-state index is 12.2. The van der Waals surface area contributed by atoms with Crippen molar-refractivity contribution in [3.63, 3.8) is 0 Å². The van der Waals surface area contributed by atoms with Crippen LogP contribution in [0, 0.1) is 6.92 Å². The monoisotopic (exact) mass is 301 g/mol. The van der Waals surface area contributed by atoms with E-state index in [1.54, 1.807) is 12.1 Å². The van der Waals surface area contributed by atoms with Gasteiger partial charge in [-0.05, 0) is 30.7 Å². The zero-order valence-electron chi connectivity index (χ0n) is 11.3. The molecule has 0 spiro atoms. The lowest BCUT2D eigenvalue weighted by Crippen LogP contribution is -2.34. The molecule has 2 amide bonds. The van der Waals surface area contributed by atoms with Gasteiger partial charge in [-0.25, -0.2) is 0 Å². The van der Waals surface area contributed by atoms with Gasteiger partial charge in [0.2, 0.25) is 0 Å². The Bertz CT molecular complexity index is 710. The zero-order chi connectivity index (χ0) is 15.0. The van der Waals surface area contributed by atoms with Crippen LogP contribution in [0.5, 0.6) is 0 Å². The molecular weight excluding hydrogens is 290 g/mol. The van der Waals surface area contributed by atoms with Gasteiger partial charge in [-0.15, -0.1) is 0 Å². The Kier molecular flexibility index (Phi) is 3.35. The summed E-state index contributed by atoms with van der Waals surface area (Å²) >= 11 is 6.04. The number of imide groups is 1. The molecule has 0 bridgehead atoms. The van der Waals surface area contributed by atoms with Crippen molar-refractivity contribution in [3.8, 4) is 0 Å². The molecule has 1 aliphatic heterocycles. The van der Waals surface area contributed by atoms with Gasteiger partial charge in [0.1, 0.15) is 0 Å². The predicted octanol–water partition coefficient (Wildman–Crippen LogP) is 2.71. The molecule has 1 aromatic carbocycles. The fourth-order valence-electron chi connectivity index (χ4n) is 2.15. The number of aromatic nitrogens is 1. The third kappa shape index (κ3) is 2.36. The summed E-state index contributed by atoms with van der Waals surface area (Å²) in [6.07, 6.45) is 2.92. The maximum Gasteiger partial charge on any atom is 0.264 e. The predicted molar refractivity (Wildman–Crippen MR) is 79.4 cm³/mol. The molecule has 1 aromatic heterocycles. The molecule has 5 nitrogen and oxygen atoms in total. The number of benzene rings is 1. The second-order valence-corrected chi connectivity index (χ2v) is 5.17. The van der Waals surface area contributed by atoms with Gasteiger partial charge >= 0.3 is 0 Å². The van der Waals surface area contributed by atoms with E-state index in [2.05, 4.69) is 10.3 Å². The number of pyridine rings is 1. The molecule has 1 N–H and O–H groups in total. The van der Waals surface area contributed by atoms with E-state index in [4.69, 9.17) is 11.6 Å². The van der Waals surface area contributed by atoms with Crippen LogP contribution in [0.3, 0.4) is 0 Å². The summed E-state index contributed by atoms with van der Waals surface area (Å²) in [5, 5.41) is 3.66. The van der Waals surface area contributed by atoms with E-state index >= 15 is 0 Å². The van der Waals surface area contributed by atoms with Crippen molar-refractivity contribution in [1.29, 1.82) is 0 Å². The van der Waals surface area contributed by atoms with Crippen molar-refractivity contribution in [2.75, 3.05) is 12.0 Å². The summed E-state index contributed by atoms with van der Waals surface area (Å²) in [4.78, 5) is 29.3. The minimum absolute atomic E-state index is 0.0890. The summed E-state index contributed by atoms with van der Waals surface area (Å²) in [5.41, 5.74) is 2.44. The molecule has 0 atom stereocenters. The lowest BCUT2D eigenvalue weighted by atomic mass is 10.2. The molecule has 0 aliphatic carbocycles. The highest BCUT2D eigenvalue weighted by atomic mass is 35.5. The average Bonchev–Trinajstić information content (AvgIpc) is 2.73. The number of rotatable bonds is 3. The van der Waals surface area contributed by atoms with Crippen LogP contribution in [0.1, 0.15) is 26.3 Å². The first-order chi connectivity index (χ1) is 10.1. The van der Waals surface area contributed by atoms with Gasteiger partial charge < -0.3 is 5.32 Å². The standard InChI is InChI=1S/C15H12ClN3O2/c1-9-2-3-10(6-13(9)16)18-8-19-14(20)11-4-5-17-7-12(11)15(19)21/h2-7,18H,8H2,1H3. The summed E-state index contributed by atoms with van der Waals surface area (Å²) in [5.74, 6) is -0.656. The van der Waals surface area contributed by atoms with Crippen LogP contribution in [0.4, 0.5) is 5.69 Å². The third-order valence-electron chi connectivity index (χ3n) is 3.39. The van der Waals surface area contributed by atoms with E-state index in [1.165, 1.54) is 12.4 Å². The number of carbonyl (C=O) groups excluding carboxylic acids is 2. The number of hydrogen-bond acceptors (Lipinski definition) is 4. The molecule has 106 valence electrons. The van der Waals surface area contributed by atoms with Crippen molar-refractivity contribution < 1.29 is 9.59 Å². The van der Waals surface area contributed by atoms with Gasteiger partial charge in [-0.1, -0.05) is 17.7 Å². The van der Waals surface area contributed by atoms with Gasteiger partial charge in [0, 0.05) is 23.1 Å². The van der Waals surface area contributed by atoms with Crippen molar-refractivity contribution in [3.05, 3.63) is 58.4 Å². The Morgan fingerprint density at radius 1 is 1.19 bits per heavy atom. The highest BCUT2D eigenvalue weighted by Gasteiger charge is 2.35. The summed E-state index contributed by atoms with van der Waals surface area (Å²) < 4.78 is 0. The fourth-order valence-corrected chi connectivity index (χ4v) is 2.33. The van der Waals surface area contributed by atoms with Gasteiger partial charge in [-0.2, -0.15) is 0 Å². The summed E-state index contributed by atoms with van der Waals surface area (Å²) in [7, 11) is 0. The van der Waals surface area contributed by atoms with E-state index in [1.807, 2.05) is 19.1 Å². The first kappa shape index (κ1) is 13.6. The Hall–Kier alpha value is -2.40.